The van der Waals surface area contributed by atoms with E-state index >= 15 is 0 Å². The van der Waals surface area contributed by atoms with Gasteiger partial charge in [-0.05, 0) is 43.7 Å². The molecule has 1 aromatic heterocycles. The normalized spacial score (nSPS) is 17.7. The molecule has 6 heteroatoms. The van der Waals surface area contributed by atoms with E-state index in [1.165, 1.54) is 11.1 Å². The van der Waals surface area contributed by atoms with E-state index in [-0.39, 0.29) is 11.9 Å². The van der Waals surface area contributed by atoms with Gasteiger partial charge in [0.15, 0.2) is 0 Å². The summed E-state index contributed by atoms with van der Waals surface area (Å²) in [6.07, 6.45) is 3.34. The van der Waals surface area contributed by atoms with Crippen LogP contribution in [-0.4, -0.2) is 36.0 Å². The van der Waals surface area contributed by atoms with Gasteiger partial charge < -0.3 is 10.1 Å². The van der Waals surface area contributed by atoms with Crippen molar-refractivity contribution in [2.75, 3.05) is 25.5 Å². The topological polar surface area (TPSA) is 54.5 Å². The first kappa shape index (κ1) is 17.9. The van der Waals surface area contributed by atoms with Gasteiger partial charge in [0.05, 0.1) is 29.9 Å². The molecule has 1 N–H and O–H groups in total. The van der Waals surface area contributed by atoms with Crippen LogP contribution in [-0.2, 0) is 4.79 Å². The van der Waals surface area contributed by atoms with E-state index in [0.717, 1.165) is 41.3 Å². The summed E-state index contributed by atoms with van der Waals surface area (Å²) in [5.74, 6) is 0.731. The van der Waals surface area contributed by atoms with Gasteiger partial charge in [0.1, 0.15) is 10.8 Å². The number of hydrogen-bond acceptors (Lipinski definition) is 5. The Labute approximate surface area is 163 Å². The number of ether oxygens (including phenoxy) is 1. The smallest absolute Gasteiger partial charge is 0.238 e. The number of thiazole rings is 1. The van der Waals surface area contributed by atoms with E-state index in [2.05, 4.69) is 22.3 Å². The van der Waals surface area contributed by atoms with Gasteiger partial charge in [-0.3, -0.25) is 9.69 Å². The van der Waals surface area contributed by atoms with Crippen molar-refractivity contribution < 1.29 is 9.53 Å². The third kappa shape index (κ3) is 4.12. The number of nitrogens with zero attached hydrogens (tertiary/aromatic N) is 2. The Balaban J connectivity index is 1.47. The largest absolute Gasteiger partial charge is 0.497 e. The minimum atomic E-state index is -0.00346. The molecule has 140 valence electrons. The Morgan fingerprint density at radius 2 is 2.15 bits per heavy atom. The van der Waals surface area contributed by atoms with Crippen LogP contribution >= 0.6 is 11.3 Å². The highest BCUT2D eigenvalue weighted by Gasteiger charge is 2.28. The molecule has 1 amide bonds. The molecule has 0 saturated carbocycles. The van der Waals surface area contributed by atoms with Crippen LogP contribution in [0.4, 0.5) is 5.69 Å². The maximum Gasteiger partial charge on any atom is 0.238 e. The van der Waals surface area contributed by atoms with Crippen LogP contribution < -0.4 is 10.1 Å². The number of carbonyl (C=O) groups is 1. The lowest BCUT2D eigenvalue weighted by Crippen LogP contribution is -2.39. The molecule has 0 spiro atoms. The predicted octanol–water partition coefficient (Wildman–Crippen LogP) is 4.47. The molecule has 5 nitrogen and oxygen atoms in total. The van der Waals surface area contributed by atoms with E-state index in [1.54, 1.807) is 18.4 Å². The minimum Gasteiger partial charge on any atom is -0.497 e. The molecule has 1 saturated heterocycles. The Morgan fingerprint density at radius 1 is 1.26 bits per heavy atom. The molecule has 1 fully saturated rings. The molecule has 2 aromatic carbocycles. The number of rotatable bonds is 5. The number of aromatic nitrogens is 1. The van der Waals surface area contributed by atoms with Gasteiger partial charge in [-0.25, -0.2) is 4.98 Å². The molecule has 4 rings (SSSR count). The van der Waals surface area contributed by atoms with Gasteiger partial charge >= 0.3 is 0 Å². The molecule has 1 aliphatic heterocycles. The van der Waals surface area contributed by atoms with Gasteiger partial charge in [0.25, 0.3) is 0 Å². The molecule has 3 aromatic rings. The van der Waals surface area contributed by atoms with Crippen LogP contribution in [0, 0.1) is 0 Å². The lowest BCUT2D eigenvalue weighted by molar-refractivity contribution is -0.118. The van der Waals surface area contributed by atoms with Crippen molar-refractivity contribution in [2.45, 2.75) is 25.3 Å². The highest BCUT2D eigenvalue weighted by Crippen LogP contribution is 2.35. The number of carbonyl (C=O) groups excluding carboxylic acids is 1. The summed E-state index contributed by atoms with van der Waals surface area (Å²) in [7, 11) is 1.62. The first-order valence-corrected chi connectivity index (χ1v) is 10.1. The van der Waals surface area contributed by atoms with Crippen LogP contribution in [0.5, 0.6) is 5.75 Å². The van der Waals surface area contributed by atoms with E-state index in [0.29, 0.717) is 6.54 Å². The zero-order valence-corrected chi connectivity index (χ0v) is 16.2. The number of hydrogen-bond donors (Lipinski definition) is 1. The Bertz CT molecular complexity index is 907. The monoisotopic (exact) mass is 381 g/mol. The number of para-hydroxylation sites is 1. The molecule has 0 unspecified atom stereocenters. The maximum absolute atomic E-state index is 12.6. The third-order valence-corrected chi connectivity index (χ3v) is 6.05. The second-order valence-electron chi connectivity index (χ2n) is 6.78. The fourth-order valence-corrected chi connectivity index (χ4v) is 4.72. The van der Waals surface area contributed by atoms with Crippen molar-refractivity contribution in [3.63, 3.8) is 0 Å². The molecule has 1 atom stereocenters. The summed E-state index contributed by atoms with van der Waals surface area (Å²) in [5.41, 5.74) is 1.80. The fourth-order valence-electron chi connectivity index (χ4n) is 3.58. The average Bonchev–Trinajstić information content (AvgIpc) is 3.12. The molecule has 27 heavy (non-hydrogen) atoms. The summed E-state index contributed by atoms with van der Waals surface area (Å²) in [4.78, 5) is 19.7. The molecule has 0 aliphatic carbocycles. The summed E-state index contributed by atoms with van der Waals surface area (Å²) < 4.78 is 6.43. The van der Waals surface area contributed by atoms with Crippen LogP contribution in [0.3, 0.4) is 0 Å². The maximum atomic E-state index is 12.6. The minimum absolute atomic E-state index is 0.00346. The predicted molar refractivity (Wildman–Crippen MR) is 109 cm³/mol. The Kier molecular flexibility index (Phi) is 5.36. The van der Waals surface area contributed by atoms with Gasteiger partial charge in [0.2, 0.25) is 5.91 Å². The average molecular weight is 382 g/mol. The highest BCUT2D eigenvalue weighted by atomic mass is 32.1. The molecule has 0 bridgehead atoms. The van der Waals surface area contributed by atoms with Gasteiger partial charge in [-0.2, -0.15) is 0 Å². The number of piperidine rings is 1. The van der Waals surface area contributed by atoms with Crippen LogP contribution in [0.15, 0.2) is 48.5 Å². The van der Waals surface area contributed by atoms with E-state index in [1.807, 2.05) is 36.4 Å². The highest BCUT2D eigenvalue weighted by molar-refractivity contribution is 7.18. The number of nitrogens with one attached hydrogen (secondary N) is 1. The summed E-state index contributed by atoms with van der Waals surface area (Å²) >= 11 is 1.74. The Hall–Kier alpha value is -2.44. The van der Waals surface area contributed by atoms with E-state index in [4.69, 9.17) is 9.72 Å². The summed E-state index contributed by atoms with van der Waals surface area (Å²) in [6.45, 7) is 1.30. The van der Waals surface area contributed by atoms with E-state index in [9.17, 15) is 4.79 Å². The van der Waals surface area contributed by atoms with Gasteiger partial charge in [-0.1, -0.05) is 24.6 Å². The third-order valence-electron chi connectivity index (χ3n) is 4.91. The van der Waals surface area contributed by atoms with Crippen LogP contribution in [0.2, 0.25) is 0 Å². The number of amides is 1. The standard InChI is InChI=1S/C21H23N3O2S/c1-26-16-8-6-7-15(13-16)22-20(25)14-24-12-5-4-10-18(24)21-23-17-9-2-3-11-19(17)27-21/h2-3,6-9,11,13,18H,4-5,10,12,14H2,1H3,(H,22,25)/t18-/m1/s1. The second kappa shape index (κ2) is 8.06. The van der Waals surface area contributed by atoms with Crippen LogP contribution in [0.25, 0.3) is 10.2 Å². The quantitative estimate of drug-likeness (QED) is 0.708. The van der Waals surface area contributed by atoms with E-state index < -0.39 is 0 Å². The number of benzene rings is 2. The number of likely N-dealkylation sites (tertiary alicyclic amines) is 1. The van der Waals surface area contributed by atoms with Crippen molar-refractivity contribution in [2.24, 2.45) is 0 Å². The summed E-state index contributed by atoms with van der Waals surface area (Å²) in [5, 5.41) is 4.10. The number of anilines is 1. The summed E-state index contributed by atoms with van der Waals surface area (Å²) in [6, 6.07) is 15.9. The molecular weight excluding hydrogens is 358 g/mol. The van der Waals surface area contributed by atoms with Crippen molar-refractivity contribution in [1.29, 1.82) is 0 Å². The fraction of sp³-hybridized carbons (Fsp3) is 0.333. The SMILES string of the molecule is COc1cccc(NC(=O)CN2CCCC[C@@H]2c2nc3ccccc3s2)c1. The second-order valence-corrected chi connectivity index (χ2v) is 7.84. The van der Waals surface area contributed by atoms with Crippen molar-refractivity contribution in [1.82, 2.24) is 9.88 Å². The molecule has 1 aliphatic rings. The van der Waals surface area contributed by atoms with Gasteiger partial charge in [0, 0.05) is 11.8 Å². The first-order valence-electron chi connectivity index (χ1n) is 9.26. The zero-order valence-electron chi connectivity index (χ0n) is 15.4. The number of methoxy groups -OCH3 is 1. The molecule has 2 heterocycles. The zero-order chi connectivity index (χ0) is 18.6. The number of fused-ring (bicyclic) bond motifs is 1. The van der Waals surface area contributed by atoms with Crippen LogP contribution in [0.1, 0.15) is 30.3 Å². The Morgan fingerprint density at radius 3 is 3.00 bits per heavy atom. The van der Waals surface area contributed by atoms with Crippen molar-refractivity contribution in [3.05, 3.63) is 53.5 Å². The molecular formula is C21H23N3O2S. The van der Waals surface area contributed by atoms with Crippen molar-refractivity contribution >= 4 is 33.1 Å². The lowest BCUT2D eigenvalue weighted by Gasteiger charge is -2.33. The van der Waals surface area contributed by atoms with Crippen molar-refractivity contribution in [3.8, 4) is 5.75 Å². The van der Waals surface area contributed by atoms with Gasteiger partial charge in [-0.15, -0.1) is 11.3 Å². The first-order chi connectivity index (χ1) is 13.2. The molecule has 0 radical (unpaired) electrons. The lowest BCUT2D eigenvalue weighted by atomic mass is 10.0.